The van der Waals surface area contributed by atoms with Crippen molar-refractivity contribution in [1.29, 1.82) is 0 Å². The van der Waals surface area contributed by atoms with Crippen molar-refractivity contribution in [3.8, 4) is 0 Å². The molecule has 0 atom stereocenters. The third-order valence-corrected chi connectivity index (χ3v) is 5.07. The maximum atomic E-state index is 12.4. The number of hydrogen-bond donors (Lipinski definition) is 3. The van der Waals surface area contributed by atoms with E-state index in [1.54, 1.807) is 12.1 Å². The number of sulfonamides is 1. The summed E-state index contributed by atoms with van der Waals surface area (Å²) in [6.07, 6.45) is 0. The molecule has 6 nitrogen and oxygen atoms in total. The molecule has 0 saturated heterocycles. The molecule has 0 spiro atoms. The van der Waals surface area contributed by atoms with E-state index in [2.05, 4.69) is 10.0 Å². The Morgan fingerprint density at radius 3 is 2.50 bits per heavy atom. The van der Waals surface area contributed by atoms with E-state index in [1.807, 2.05) is 18.2 Å². The first kappa shape index (κ1) is 18.4. The highest BCUT2D eigenvalue weighted by molar-refractivity contribution is 7.89. The highest BCUT2D eigenvalue weighted by Gasteiger charge is 2.20. The molecule has 2 aromatic rings. The third kappa shape index (κ3) is 4.78. The van der Waals surface area contributed by atoms with Crippen molar-refractivity contribution in [3.63, 3.8) is 0 Å². The Labute approximate surface area is 145 Å². The lowest BCUT2D eigenvalue weighted by atomic mass is 10.2. The van der Waals surface area contributed by atoms with Crippen LogP contribution in [0.2, 0.25) is 5.02 Å². The fourth-order valence-corrected chi connectivity index (χ4v) is 3.52. The Morgan fingerprint density at radius 2 is 1.83 bits per heavy atom. The molecular formula is C16H17ClN2O4S. The molecule has 0 unspecified atom stereocenters. The van der Waals surface area contributed by atoms with Gasteiger partial charge in [-0.05, 0) is 23.8 Å². The molecule has 3 N–H and O–H groups in total. The Kier molecular flexibility index (Phi) is 6.33. The molecule has 0 radical (unpaired) electrons. The molecule has 2 aromatic carbocycles. The van der Waals surface area contributed by atoms with Crippen molar-refractivity contribution in [3.05, 3.63) is 64.7 Å². The largest absolute Gasteiger partial charge is 0.395 e. The molecule has 0 aliphatic heterocycles. The third-order valence-electron chi connectivity index (χ3n) is 3.19. The number of amides is 1. The van der Waals surface area contributed by atoms with Crippen LogP contribution < -0.4 is 10.0 Å². The summed E-state index contributed by atoms with van der Waals surface area (Å²) >= 11 is 5.98. The number of carbonyl (C=O) groups is 1. The topological polar surface area (TPSA) is 95.5 Å². The second-order valence-electron chi connectivity index (χ2n) is 4.93. The van der Waals surface area contributed by atoms with Crippen molar-refractivity contribution in [1.82, 2.24) is 10.0 Å². The predicted molar refractivity (Wildman–Crippen MR) is 91.3 cm³/mol. The number of aliphatic hydroxyl groups excluding tert-OH is 1. The quantitative estimate of drug-likeness (QED) is 0.690. The molecule has 2 rings (SSSR count). The van der Waals surface area contributed by atoms with Crippen LogP contribution in [0.4, 0.5) is 0 Å². The van der Waals surface area contributed by atoms with E-state index >= 15 is 0 Å². The smallest absolute Gasteiger partial charge is 0.251 e. The van der Waals surface area contributed by atoms with Gasteiger partial charge in [0.05, 0.1) is 11.6 Å². The first-order valence-corrected chi connectivity index (χ1v) is 9.02. The standard InChI is InChI=1S/C16H17ClN2O4S/c17-14-7-6-13(16(21)18-8-9-20)10-15(14)24(22,23)19-11-12-4-2-1-3-5-12/h1-7,10,19-20H,8-9,11H2,(H,18,21). The Morgan fingerprint density at radius 1 is 1.12 bits per heavy atom. The van der Waals surface area contributed by atoms with Crippen molar-refractivity contribution in [2.45, 2.75) is 11.4 Å². The molecule has 24 heavy (non-hydrogen) atoms. The van der Waals surface area contributed by atoms with Gasteiger partial charge < -0.3 is 10.4 Å². The zero-order chi connectivity index (χ0) is 17.6. The predicted octanol–water partition coefficient (Wildman–Crippen LogP) is 1.54. The molecule has 0 saturated carbocycles. The van der Waals surface area contributed by atoms with Crippen LogP contribution in [0.1, 0.15) is 15.9 Å². The summed E-state index contributed by atoms with van der Waals surface area (Å²) in [5, 5.41) is 11.2. The zero-order valence-corrected chi connectivity index (χ0v) is 14.3. The molecular weight excluding hydrogens is 352 g/mol. The highest BCUT2D eigenvalue weighted by atomic mass is 35.5. The summed E-state index contributed by atoms with van der Waals surface area (Å²) < 4.78 is 27.4. The van der Waals surface area contributed by atoms with Crippen LogP contribution in [0.15, 0.2) is 53.4 Å². The van der Waals surface area contributed by atoms with Crippen LogP contribution in [-0.2, 0) is 16.6 Å². The average molecular weight is 369 g/mol. The van der Waals surface area contributed by atoms with Gasteiger partial charge in [0.25, 0.3) is 5.91 Å². The normalized spacial score (nSPS) is 11.2. The van der Waals surface area contributed by atoms with Crippen LogP contribution in [0, 0.1) is 0 Å². The van der Waals surface area contributed by atoms with Gasteiger partial charge in [0.2, 0.25) is 10.0 Å². The molecule has 0 bridgehead atoms. The number of benzene rings is 2. The van der Waals surface area contributed by atoms with Gasteiger partial charge in [-0.3, -0.25) is 4.79 Å². The molecule has 0 aliphatic carbocycles. The van der Waals surface area contributed by atoms with E-state index in [-0.39, 0.29) is 35.2 Å². The van der Waals surface area contributed by atoms with Gasteiger partial charge in [-0.15, -0.1) is 0 Å². The van der Waals surface area contributed by atoms with Crippen molar-refractivity contribution >= 4 is 27.5 Å². The Hall–Kier alpha value is -1.93. The lowest BCUT2D eigenvalue weighted by Crippen LogP contribution is -2.27. The SMILES string of the molecule is O=C(NCCO)c1ccc(Cl)c(S(=O)(=O)NCc2ccccc2)c1. The van der Waals surface area contributed by atoms with Crippen molar-refractivity contribution in [2.24, 2.45) is 0 Å². The van der Waals surface area contributed by atoms with E-state index in [9.17, 15) is 13.2 Å². The number of rotatable bonds is 7. The summed E-state index contributed by atoms with van der Waals surface area (Å²) in [6, 6.07) is 13.0. The van der Waals surface area contributed by atoms with Crippen LogP contribution in [0.25, 0.3) is 0 Å². The average Bonchev–Trinajstić information content (AvgIpc) is 2.59. The van der Waals surface area contributed by atoms with Gasteiger partial charge in [0, 0.05) is 18.7 Å². The maximum Gasteiger partial charge on any atom is 0.251 e. The number of carbonyl (C=O) groups excluding carboxylic acids is 1. The Bertz CT molecular complexity index is 810. The van der Waals surface area contributed by atoms with Gasteiger partial charge in [0.15, 0.2) is 0 Å². The van der Waals surface area contributed by atoms with Gasteiger partial charge in [-0.25, -0.2) is 13.1 Å². The Balaban J connectivity index is 2.21. The molecule has 0 aliphatic rings. The summed E-state index contributed by atoms with van der Waals surface area (Å²) in [6.45, 7) is -0.0145. The van der Waals surface area contributed by atoms with Crippen LogP contribution in [0.3, 0.4) is 0 Å². The first-order valence-electron chi connectivity index (χ1n) is 7.16. The second-order valence-corrected chi connectivity index (χ2v) is 7.08. The number of hydrogen-bond acceptors (Lipinski definition) is 4. The second kappa shape index (κ2) is 8.25. The molecule has 8 heteroatoms. The van der Waals surface area contributed by atoms with Crippen LogP contribution in [-0.4, -0.2) is 32.6 Å². The highest BCUT2D eigenvalue weighted by Crippen LogP contribution is 2.23. The molecule has 0 heterocycles. The zero-order valence-electron chi connectivity index (χ0n) is 12.7. The summed E-state index contributed by atoms with van der Waals surface area (Å²) in [5.41, 5.74) is 0.946. The number of nitrogens with one attached hydrogen (secondary N) is 2. The summed E-state index contributed by atoms with van der Waals surface area (Å²) in [4.78, 5) is 11.7. The first-order chi connectivity index (χ1) is 11.4. The van der Waals surface area contributed by atoms with Crippen LogP contribution >= 0.6 is 11.6 Å². The fourth-order valence-electron chi connectivity index (χ4n) is 1.97. The monoisotopic (exact) mass is 368 g/mol. The number of halogens is 1. The van der Waals surface area contributed by atoms with Gasteiger partial charge in [-0.1, -0.05) is 41.9 Å². The van der Waals surface area contributed by atoms with Gasteiger partial charge in [0.1, 0.15) is 4.90 Å². The molecule has 1 amide bonds. The van der Waals surface area contributed by atoms with Gasteiger partial charge >= 0.3 is 0 Å². The van der Waals surface area contributed by atoms with Crippen LogP contribution in [0.5, 0.6) is 0 Å². The van der Waals surface area contributed by atoms with Gasteiger partial charge in [-0.2, -0.15) is 0 Å². The minimum absolute atomic E-state index is 0.0225. The minimum atomic E-state index is -3.88. The molecule has 0 fully saturated rings. The summed E-state index contributed by atoms with van der Waals surface area (Å²) in [5.74, 6) is -0.486. The maximum absolute atomic E-state index is 12.4. The van der Waals surface area contributed by atoms with E-state index in [4.69, 9.17) is 16.7 Å². The van der Waals surface area contributed by atoms with Crippen molar-refractivity contribution in [2.75, 3.05) is 13.2 Å². The van der Waals surface area contributed by atoms with E-state index in [0.29, 0.717) is 0 Å². The van der Waals surface area contributed by atoms with Crippen molar-refractivity contribution < 1.29 is 18.3 Å². The lowest BCUT2D eigenvalue weighted by Gasteiger charge is -2.10. The van der Waals surface area contributed by atoms with E-state index in [1.165, 1.54) is 18.2 Å². The molecule has 0 aromatic heterocycles. The van der Waals surface area contributed by atoms with E-state index in [0.717, 1.165) is 5.56 Å². The fraction of sp³-hybridized carbons (Fsp3) is 0.188. The lowest BCUT2D eigenvalue weighted by molar-refractivity contribution is 0.0944. The minimum Gasteiger partial charge on any atom is -0.395 e. The summed E-state index contributed by atoms with van der Waals surface area (Å²) in [7, 11) is -3.88. The number of aliphatic hydroxyl groups is 1. The molecule has 128 valence electrons. The van der Waals surface area contributed by atoms with E-state index < -0.39 is 15.9 Å².